The summed E-state index contributed by atoms with van der Waals surface area (Å²) < 4.78 is 5.08. The van der Waals surface area contributed by atoms with Gasteiger partial charge in [-0.05, 0) is 17.7 Å². The second-order valence-corrected chi connectivity index (χ2v) is 4.39. The normalized spacial score (nSPS) is 11.7. The lowest BCUT2D eigenvalue weighted by Gasteiger charge is -2.15. The van der Waals surface area contributed by atoms with E-state index in [9.17, 15) is 4.79 Å². The molecule has 20 heavy (non-hydrogen) atoms. The van der Waals surface area contributed by atoms with Crippen LogP contribution in [-0.2, 0) is 0 Å². The molecule has 0 aromatic heterocycles. The van der Waals surface area contributed by atoms with Gasteiger partial charge in [-0.2, -0.15) is 0 Å². The Hall–Kier alpha value is -2.62. The highest BCUT2D eigenvalue weighted by Crippen LogP contribution is 2.23. The summed E-state index contributed by atoms with van der Waals surface area (Å²) in [4.78, 5) is 12.5. The fourth-order valence-electron chi connectivity index (χ4n) is 2.04. The molecule has 4 nitrogen and oxygen atoms in total. The van der Waals surface area contributed by atoms with Crippen molar-refractivity contribution in [3.63, 3.8) is 0 Å². The zero-order chi connectivity index (χ0) is 14.5. The largest absolute Gasteiger partial charge is 0.497 e. The lowest BCUT2D eigenvalue weighted by atomic mass is 9.90. The van der Waals surface area contributed by atoms with E-state index >= 15 is 0 Å². The number of rotatable bonds is 5. The minimum atomic E-state index is -0.761. The first kappa shape index (κ1) is 13.8. The third-order valence-corrected chi connectivity index (χ3v) is 3.08. The van der Waals surface area contributed by atoms with Gasteiger partial charge >= 0.3 is 0 Å². The average Bonchev–Trinajstić information content (AvgIpc) is 2.48. The predicted octanol–water partition coefficient (Wildman–Crippen LogP) is 2.60. The molecular formula is C16H16N2O2. The molecule has 2 aromatic rings. The van der Waals surface area contributed by atoms with E-state index in [2.05, 4.69) is 0 Å². The van der Waals surface area contributed by atoms with E-state index in [-0.39, 0.29) is 11.6 Å². The Morgan fingerprint density at radius 1 is 1.10 bits per heavy atom. The van der Waals surface area contributed by atoms with Gasteiger partial charge in [0.05, 0.1) is 7.11 Å². The van der Waals surface area contributed by atoms with Crippen LogP contribution in [0, 0.1) is 5.41 Å². The van der Waals surface area contributed by atoms with Gasteiger partial charge in [-0.1, -0.05) is 42.5 Å². The van der Waals surface area contributed by atoms with Crippen molar-refractivity contribution in [2.24, 2.45) is 5.73 Å². The molecule has 2 rings (SSSR count). The van der Waals surface area contributed by atoms with Crippen LogP contribution >= 0.6 is 0 Å². The summed E-state index contributed by atoms with van der Waals surface area (Å²) in [6, 6.07) is 15.9. The SMILES string of the molecule is COc1ccc(C(C(=N)N)C(=O)c2ccccc2)cc1. The molecule has 0 heterocycles. The monoisotopic (exact) mass is 268 g/mol. The highest BCUT2D eigenvalue weighted by molar-refractivity contribution is 6.14. The van der Waals surface area contributed by atoms with Crippen molar-refractivity contribution in [2.75, 3.05) is 7.11 Å². The summed E-state index contributed by atoms with van der Waals surface area (Å²) in [6.07, 6.45) is 0. The van der Waals surface area contributed by atoms with E-state index in [0.717, 1.165) is 0 Å². The van der Waals surface area contributed by atoms with Crippen LogP contribution in [0.4, 0.5) is 0 Å². The molecule has 0 aliphatic carbocycles. The highest BCUT2D eigenvalue weighted by Gasteiger charge is 2.24. The molecule has 1 unspecified atom stereocenters. The summed E-state index contributed by atoms with van der Waals surface area (Å²) in [7, 11) is 1.58. The Bertz CT molecular complexity index is 606. The maximum Gasteiger partial charge on any atom is 0.177 e. The van der Waals surface area contributed by atoms with Crippen molar-refractivity contribution >= 4 is 11.6 Å². The van der Waals surface area contributed by atoms with Crippen LogP contribution in [0.25, 0.3) is 0 Å². The van der Waals surface area contributed by atoms with Crippen LogP contribution in [0.5, 0.6) is 5.75 Å². The van der Waals surface area contributed by atoms with Crippen LogP contribution < -0.4 is 10.5 Å². The molecule has 0 fully saturated rings. The van der Waals surface area contributed by atoms with Crippen molar-refractivity contribution in [2.45, 2.75) is 5.92 Å². The maximum absolute atomic E-state index is 12.5. The third-order valence-electron chi connectivity index (χ3n) is 3.08. The molecule has 4 heteroatoms. The summed E-state index contributed by atoms with van der Waals surface area (Å²) in [6.45, 7) is 0. The molecular weight excluding hydrogens is 252 g/mol. The zero-order valence-corrected chi connectivity index (χ0v) is 11.2. The van der Waals surface area contributed by atoms with Crippen LogP contribution in [0.2, 0.25) is 0 Å². The van der Waals surface area contributed by atoms with Gasteiger partial charge in [0.2, 0.25) is 0 Å². The van der Waals surface area contributed by atoms with Gasteiger partial charge < -0.3 is 10.5 Å². The van der Waals surface area contributed by atoms with Gasteiger partial charge in [-0.15, -0.1) is 0 Å². The molecule has 102 valence electrons. The Morgan fingerprint density at radius 3 is 2.20 bits per heavy atom. The van der Waals surface area contributed by atoms with E-state index in [4.69, 9.17) is 15.9 Å². The van der Waals surface area contributed by atoms with Gasteiger partial charge in [-0.25, -0.2) is 0 Å². The van der Waals surface area contributed by atoms with Gasteiger partial charge in [0.25, 0.3) is 0 Å². The summed E-state index contributed by atoms with van der Waals surface area (Å²) >= 11 is 0. The Balaban J connectivity index is 2.36. The number of hydrogen-bond donors (Lipinski definition) is 2. The number of Topliss-reactive ketones (excluding diaryl/α,β-unsaturated/α-hetero) is 1. The predicted molar refractivity (Wildman–Crippen MR) is 78.4 cm³/mol. The fraction of sp³-hybridized carbons (Fsp3) is 0.125. The van der Waals surface area contributed by atoms with Crippen molar-refractivity contribution in [1.29, 1.82) is 5.41 Å². The molecule has 0 saturated heterocycles. The van der Waals surface area contributed by atoms with Crippen molar-refractivity contribution in [3.05, 3.63) is 65.7 Å². The highest BCUT2D eigenvalue weighted by atomic mass is 16.5. The minimum absolute atomic E-state index is 0.163. The molecule has 2 aromatic carbocycles. The molecule has 1 atom stereocenters. The lowest BCUT2D eigenvalue weighted by Crippen LogP contribution is -2.27. The van der Waals surface area contributed by atoms with Crippen molar-refractivity contribution in [1.82, 2.24) is 0 Å². The second-order valence-electron chi connectivity index (χ2n) is 4.39. The number of ketones is 1. The summed E-state index contributed by atoms with van der Waals surface area (Å²) in [5, 5.41) is 7.69. The minimum Gasteiger partial charge on any atom is -0.497 e. The number of nitrogens with one attached hydrogen (secondary N) is 1. The van der Waals surface area contributed by atoms with Crippen LogP contribution in [0.3, 0.4) is 0 Å². The number of carbonyl (C=O) groups is 1. The number of hydrogen-bond acceptors (Lipinski definition) is 3. The zero-order valence-electron chi connectivity index (χ0n) is 11.2. The number of ether oxygens (including phenoxy) is 1. The average molecular weight is 268 g/mol. The van der Waals surface area contributed by atoms with Gasteiger partial charge in [0.1, 0.15) is 17.5 Å². The van der Waals surface area contributed by atoms with Crippen LogP contribution in [-0.4, -0.2) is 18.7 Å². The lowest BCUT2D eigenvalue weighted by molar-refractivity contribution is 0.0982. The topological polar surface area (TPSA) is 76.2 Å². The van der Waals surface area contributed by atoms with E-state index in [1.807, 2.05) is 6.07 Å². The van der Waals surface area contributed by atoms with E-state index in [1.165, 1.54) is 0 Å². The second kappa shape index (κ2) is 6.02. The van der Waals surface area contributed by atoms with E-state index < -0.39 is 5.92 Å². The quantitative estimate of drug-likeness (QED) is 0.497. The maximum atomic E-state index is 12.5. The van der Waals surface area contributed by atoms with E-state index in [1.54, 1.807) is 55.6 Å². The number of carbonyl (C=O) groups excluding carboxylic acids is 1. The third kappa shape index (κ3) is 2.85. The van der Waals surface area contributed by atoms with Crippen molar-refractivity contribution in [3.8, 4) is 5.75 Å². The first-order chi connectivity index (χ1) is 9.63. The Morgan fingerprint density at radius 2 is 1.70 bits per heavy atom. The number of methoxy groups -OCH3 is 1. The fourth-order valence-corrected chi connectivity index (χ4v) is 2.04. The first-order valence-corrected chi connectivity index (χ1v) is 6.20. The molecule has 0 saturated carbocycles. The molecule has 0 amide bonds. The van der Waals surface area contributed by atoms with Gasteiger partial charge in [0, 0.05) is 5.56 Å². The molecule has 0 radical (unpaired) electrons. The van der Waals surface area contributed by atoms with Gasteiger partial charge in [0.15, 0.2) is 5.78 Å². The molecule has 3 N–H and O–H groups in total. The van der Waals surface area contributed by atoms with Crippen molar-refractivity contribution < 1.29 is 9.53 Å². The summed E-state index contributed by atoms with van der Waals surface area (Å²) in [5.41, 5.74) is 6.84. The molecule has 0 aliphatic heterocycles. The molecule has 0 spiro atoms. The summed E-state index contributed by atoms with van der Waals surface area (Å²) in [5.74, 6) is -0.404. The number of nitrogens with two attached hydrogens (primary N) is 1. The molecule has 0 aliphatic rings. The van der Waals surface area contributed by atoms with Crippen LogP contribution in [0.1, 0.15) is 21.8 Å². The van der Waals surface area contributed by atoms with E-state index in [0.29, 0.717) is 16.9 Å². The standard InChI is InChI=1S/C16H16N2O2/c1-20-13-9-7-11(8-10-13)14(16(17)18)15(19)12-5-3-2-4-6-12/h2-10,14H,1H3,(H3,17,18). The number of benzene rings is 2. The number of amidine groups is 1. The van der Waals surface area contributed by atoms with Gasteiger partial charge in [-0.3, -0.25) is 10.2 Å². The molecule has 0 bridgehead atoms. The Kier molecular flexibility index (Phi) is 4.15. The Labute approximate surface area is 117 Å². The van der Waals surface area contributed by atoms with Crippen LogP contribution in [0.15, 0.2) is 54.6 Å². The first-order valence-electron chi connectivity index (χ1n) is 6.20. The smallest absolute Gasteiger partial charge is 0.177 e.